The van der Waals surface area contributed by atoms with Crippen molar-refractivity contribution in [3.8, 4) is 11.5 Å². The molecule has 0 aromatic heterocycles. The van der Waals surface area contributed by atoms with Crippen LogP contribution in [0.5, 0.6) is 11.5 Å². The van der Waals surface area contributed by atoms with Crippen LogP contribution in [0.1, 0.15) is 37.8 Å². The van der Waals surface area contributed by atoms with Crippen molar-refractivity contribution in [3.05, 3.63) is 93.9 Å². The van der Waals surface area contributed by atoms with E-state index in [1.807, 2.05) is 74.5 Å². The number of thioether (sulfide) groups is 1. The maximum absolute atomic E-state index is 13.5. The smallest absolute Gasteiger partial charge is 0.266 e. The highest BCUT2D eigenvalue weighted by molar-refractivity contribution is 8.18. The van der Waals surface area contributed by atoms with Crippen LogP contribution in [0.25, 0.3) is 6.08 Å². The fraction of sp³-hybridized carbons (Fsp3) is 0.267. The molecule has 1 saturated heterocycles. The summed E-state index contributed by atoms with van der Waals surface area (Å²) in [6.45, 7) is 4.61. The monoisotopic (exact) mass is 534 g/mol. The molecule has 0 spiro atoms. The molecule has 192 valence electrons. The number of benzene rings is 3. The largest absolute Gasteiger partial charge is 0.493 e. The van der Waals surface area contributed by atoms with Crippen molar-refractivity contribution in [3.63, 3.8) is 0 Å². The van der Waals surface area contributed by atoms with Gasteiger partial charge in [-0.3, -0.25) is 9.69 Å². The molecule has 0 unspecified atom stereocenters. The highest BCUT2D eigenvalue weighted by atomic mass is 35.5. The predicted molar refractivity (Wildman–Crippen MR) is 154 cm³/mol. The Kier molecular flexibility index (Phi) is 9.31. The normalized spacial score (nSPS) is 16.4. The van der Waals surface area contributed by atoms with Crippen LogP contribution in [-0.2, 0) is 11.2 Å². The number of rotatable bonds is 10. The third-order valence-corrected chi connectivity index (χ3v) is 7.29. The standard InChI is InChI=1S/C30H31ClN2O3S/c1-4-21(2)36-28-25(31)18-23(19-26(28)35-3)20-27-29(34)33(17-11-14-22-12-7-5-8-13-22)30(37-27)32-24-15-9-6-10-16-24/h5-10,12-13,15-16,18-21H,4,11,14,17H2,1-3H3/b27-20-,32-30?/t21-/m1/s1. The molecule has 0 N–H and O–H groups in total. The fourth-order valence-electron chi connectivity index (χ4n) is 3.86. The van der Waals surface area contributed by atoms with Crippen LogP contribution in [0.15, 0.2) is 82.7 Å². The Labute approximate surface area is 228 Å². The van der Waals surface area contributed by atoms with Crippen molar-refractivity contribution in [1.29, 1.82) is 0 Å². The SMILES string of the molecule is CC[C@@H](C)Oc1c(Cl)cc(/C=C2\SC(=Nc3ccccc3)N(CCCc3ccccc3)C2=O)cc1OC. The summed E-state index contributed by atoms with van der Waals surface area (Å²) in [4.78, 5) is 20.7. The van der Waals surface area contributed by atoms with Crippen LogP contribution in [0.2, 0.25) is 5.02 Å². The summed E-state index contributed by atoms with van der Waals surface area (Å²) >= 11 is 7.94. The molecule has 37 heavy (non-hydrogen) atoms. The molecule has 1 heterocycles. The van der Waals surface area contributed by atoms with Gasteiger partial charge in [0, 0.05) is 6.54 Å². The van der Waals surface area contributed by atoms with Gasteiger partial charge in [0.1, 0.15) is 0 Å². The maximum atomic E-state index is 13.5. The average Bonchev–Trinajstić information content (AvgIpc) is 3.19. The number of nitrogens with zero attached hydrogens (tertiary/aromatic N) is 2. The number of hydrogen-bond donors (Lipinski definition) is 0. The number of carbonyl (C=O) groups excluding carboxylic acids is 1. The quantitative estimate of drug-likeness (QED) is 0.249. The third-order valence-electron chi connectivity index (χ3n) is 6.00. The van der Waals surface area contributed by atoms with Gasteiger partial charge < -0.3 is 9.47 Å². The van der Waals surface area contributed by atoms with Gasteiger partial charge in [-0.1, -0.05) is 67.1 Å². The molecule has 1 aliphatic rings. The van der Waals surface area contributed by atoms with Crippen molar-refractivity contribution >= 4 is 46.2 Å². The van der Waals surface area contributed by atoms with E-state index in [2.05, 4.69) is 12.1 Å². The Morgan fingerprint density at radius 3 is 2.46 bits per heavy atom. The molecule has 7 heteroatoms. The molecule has 0 saturated carbocycles. The first-order valence-electron chi connectivity index (χ1n) is 12.4. The molecule has 0 aliphatic carbocycles. The Morgan fingerprint density at radius 1 is 1.08 bits per heavy atom. The van der Waals surface area contributed by atoms with Gasteiger partial charge in [-0.05, 0) is 79.4 Å². The number of methoxy groups -OCH3 is 1. The van der Waals surface area contributed by atoms with E-state index < -0.39 is 0 Å². The summed E-state index contributed by atoms with van der Waals surface area (Å²) in [5.41, 5.74) is 2.82. The van der Waals surface area contributed by atoms with E-state index in [1.54, 1.807) is 18.1 Å². The summed E-state index contributed by atoms with van der Waals surface area (Å²) in [6.07, 6.45) is 4.41. The van der Waals surface area contributed by atoms with Gasteiger partial charge in [0.05, 0.1) is 28.8 Å². The van der Waals surface area contributed by atoms with Crippen molar-refractivity contribution in [2.75, 3.05) is 13.7 Å². The summed E-state index contributed by atoms with van der Waals surface area (Å²) in [5, 5.41) is 1.12. The lowest BCUT2D eigenvalue weighted by molar-refractivity contribution is -0.122. The van der Waals surface area contributed by atoms with Gasteiger partial charge in [-0.15, -0.1) is 0 Å². The third kappa shape index (κ3) is 6.96. The molecule has 3 aromatic carbocycles. The lowest BCUT2D eigenvalue weighted by atomic mass is 10.1. The molecule has 1 fully saturated rings. The Balaban J connectivity index is 1.60. The average molecular weight is 535 g/mol. The van der Waals surface area contributed by atoms with Crippen LogP contribution in [0.3, 0.4) is 0 Å². The van der Waals surface area contributed by atoms with E-state index in [0.717, 1.165) is 30.5 Å². The summed E-state index contributed by atoms with van der Waals surface area (Å²) in [5.74, 6) is 0.982. The molecule has 5 nitrogen and oxygen atoms in total. The van der Waals surface area contributed by atoms with E-state index >= 15 is 0 Å². The van der Waals surface area contributed by atoms with Crippen LogP contribution >= 0.6 is 23.4 Å². The molecule has 1 atom stereocenters. The van der Waals surface area contributed by atoms with Crippen molar-refractivity contribution in [2.45, 2.75) is 39.2 Å². The Bertz CT molecular complexity index is 1280. The highest BCUT2D eigenvalue weighted by Gasteiger charge is 2.33. The van der Waals surface area contributed by atoms with Gasteiger partial charge in [-0.2, -0.15) is 0 Å². The lowest BCUT2D eigenvalue weighted by Gasteiger charge is -2.17. The number of amides is 1. The summed E-state index contributed by atoms with van der Waals surface area (Å²) in [6, 6.07) is 23.6. The number of para-hydroxylation sites is 1. The molecule has 3 aromatic rings. The highest BCUT2D eigenvalue weighted by Crippen LogP contribution is 2.40. The second kappa shape index (κ2) is 12.8. The van der Waals surface area contributed by atoms with Crippen molar-refractivity contribution in [1.82, 2.24) is 4.90 Å². The Morgan fingerprint density at radius 2 is 1.78 bits per heavy atom. The van der Waals surface area contributed by atoms with Gasteiger partial charge in [0.15, 0.2) is 16.7 Å². The van der Waals surface area contributed by atoms with E-state index in [0.29, 0.717) is 33.1 Å². The van der Waals surface area contributed by atoms with Gasteiger partial charge >= 0.3 is 0 Å². The fourth-order valence-corrected chi connectivity index (χ4v) is 5.15. The van der Waals surface area contributed by atoms with Gasteiger partial charge in [-0.25, -0.2) is 4.99 Å². The molecule has 0 bridgehead atoms. The molecular weight excluding hydrogens is 504 g/mol. The molecule has 0 radical (unpaired) electrons. The topological polar surface area (TPSA) is 51.1 Å². The minimum Gasteiger partial charge on any atom is -0.493 e. The second-order valence-electron chi connectivity index (χ2n) is 8.76. The Hall–Kier alpha value is -3.22. The number of halogens is 1. The van der Waals surface area contributed by atoms with Crippen molar-refractivity contribution < 1.29 is 14.3 Å². The first-order chi connectivity index (χ1) is 18.0. The van der Waals surface area contributed by atoms with Crippen LogP contribution < -0.4 is 9.47 Å². The summed E-state index contributed by atoms with van der Waals surface area (Å²) < 4.78 is 11.5. The second-order valence-corrected chi connectivity index (χ2v) is 10.2. The number of amidine groups is 1. The zero-order chi connectivity index (χ0) is 26.2. The number of ether oxygens (including phenoxy) is 2. The molecule has 1 aliphatic heterocycles. The van der Waals surface area contributed by atoms with E-state index in [4.69, 9.17) is 26.1 Å². The van der Waals surface area contributed by atoms with Gasteiger partial charge in [0.25, 0.3) is 5.91 Å². The van der Waals surface area contributed by atoms with Crippen molar-refractivity contribution in [2.24, 2.45) is 4.99 Å². The number of aliphatic imine (C=N–C) groups is 1. The minimum absolute atomic E-state index is 0.00349. The van der Waals surface area contributed by atoms with Crippen LogP contribution in [-0.4, -0.2) is 35.7 Å². The predicted octanol–water partition coefficient (Wildman–Crippen LogP) is 7.76. The lowest BCUT2D eigenvalue weighted by Crippen LogP contribution is -2.30. The minimum atomic E-state index is -0.0669. The zero-order valence-electron chi connectivity index (χ0n) is 21.3. The van der Waals surface area contributed by atoms with E-state index in [-0.39, 0.29) is 12.0 Å². The van der Waals surface area contributed by atoms with E-state index in [1.165, 1.54) is 17.3 Å². The number of hydrogen-bond acceptors (Lipinski definition) is 5. The van der Waals surface area contributed by atoms with E-state index in [9.17, 15) is 4.79 Å². The first kappa shape index (κ1) is 26.8. The molecule has 1 amide bonds. The first-order valence-corrected chi connectivity index (χ1v) is 13.6. The molecular formula is C30H31ClN2O3S. The zero-order valence-corrected chi connectivity index (χ0v) is 22.9. The number of aryl methyl sites for hydroxylation is 1. The van der Waals surface area contributed by atoms with Crippen LogP contribution in [0, 0.1) is 0 Å². The molecule has 4 rings (SSSR count). The van der Waals surface area contributed by atoms with Gasteiger partial charge in [0.2, 0.25) is 0 Å². The van der Waals surface area contributed by atoms with Crippen LogP contribution in [0.4, 0.5) is 5.69 Å². The summed E-state index contributed by atoms with van der Waals surface area (Å²) in [7, 11) is 1.58. The maximum Gasteiger partial charge on any atom is 0.266 e. The number of carbonyl (C=O) groups is 1.